The third-order valence-corrected chi connectivity index (χ3v) is 4.97. The van der Waals surface area contributed by atoms with Crippen molar-refractivity contribution in [1.29, 1.82) is 0 Å². The van der Waals surface area contributed by atoms with Gasteiger partial charge in [0.2, 0.25) is 0 Å². The Bertz CT molecular complexity index is 683. The molecule has 2 aliphatic rings. The molecule has 4 rings (SSSR count). The number of hydrazine groups is 1. The molecule has 1 aliphatic carbocycles. The first-order valence-electron chi connectivity index (χ1n) is 8.67. The molecule has 24 heavy (non-hydrogen) atoms. The SMILES string of the molecule is CN(Cc1cc(F)ccc1-n1cccn1)CC1CC(C2CC2)NN1. The Balaban J connectivity index is 1.42. The first-order chi connectivity index (χ1) is 11.7. The monoisotopic (exact) mass is 329 g/mol. The molecule has 2 heterocycles. The topological polar surface area (TPSA) is 45.1 Å². The molecule has 2 fully saturated rings. The highest BCUT2D eigenvalue weighted by Crippen LogP contribution is 2.35. The lowest BCUT2D eigenvalue weighted by Crippen LogP contribution is -2.39. The maximum absolute atomic E-state index is 13.7. The molecule has 1 aromatic carbocycles. The highest BCUT2D eigenvalue weighted by molar-refractivity contribution is 5.40. The van der Waals surface area contributed by atoms with Gasteiger partial charge in [-0.1, -0.05) is 0 Å². The summed E-state index contributed by atoms with van der Waals surface area (Å²) in [5, 5.41) is 4.28. The minimum absolute atomic E-state index is 0.205. The number of nitrogens with one attached hydrogen (secondary N) is 2. The Hall–Kier alpha value is -1.76. The zero-order valence-corrected chi connectivity index (χ0v) is 14.0. The third kappa shape index (κ3) is 3.50. The molecule has 5 nitrogen and oxygen atoms in total. The van der Waals surface area contributed by atoms with E-state index < -0.39 is 0 Å². The first-order valence-corrected chi connectivity index (χ1v) is 8.67. The average molecular weight is 329 g/mol. The van der Waals surface area contributed by atoms with E-state index in [0.717, 1.165) is 23.7 Å². The summed E-state index contributed by atoms with van der Waals surface area (Å²) in [5.74, 6) is 0.659. The molecule has 1 saturated heterocycles. The van der Waals surface area contributed by atoms with Gasteiger partial charge in [0.1, 0.15) is 5.82 Å². The van der Waals surface area contributed by atoms with Gasteiger partial charge in [-0.15, -0.1) is 0 Å². The Kier molecular flexibility index (Phi) is 4.35. The number of aromatic nitrogens is 2. The first kappa shape index (κ1) is 15.7. The Morgan fingerprint density at radius 2 is 2.21 bits per heavy atom. The second-order valence-corrected chi connectivity index (χ2v) is 7.09. The highest BCUT2D eigenvalue weighted by atomic mass is 19.1. The number of rotatable bonds is 6. The molecule has 1 aromatic heterocycles. The molecule has 1 saturated carbocycles. The smallest absolute Gasteiger partial charge is 0.123 e. The molecule has 2 aromatic rings. The Labute approximate surface area is 141 Å². The second kappa shape index (κ2) is 6.63. The van der Waals surface area contributed by atoms with Crippen molar-refractivity contribution < 1.29 is 4.39 Å². The van der Waals surface area contributed by atoms with Crippen LogP contribution in [0.4, 0.5) is 4.39 Å². The minimum Gasteiger partial charge on any atom is -0.300 e. The summed E-state index contributed by atoms with van der Waals surface area (Å²) in [4.78, 5) is 2.25. The van der Waals surface area contributed by atoms with Crippen molar-refractivity contribution in [2.45, 2.75) is 37.9 Å². The van der Waals surface area contributed by atoms with E-state index in [2.05, 4.69) is 27.9 Å². The van der Waals surface area contributed by atoms with Gasteiger partial charge in [-0.2, -0.15) is 5.10 Å². The predicted octanol–water partition coefficient (Wildman–Crippen LogP) is 2.09. The lowest BCUT2D eigenvalue weighted by atomic mass is 10.1. The van der Waals surface area contributed by atoms with Crippen LogP contribution in [-0.4, -0.2) is 40.4 Å². The largest absolute Gasteiger partial charge is 0.300 e. The van der Waals surface area contributed by atoms with Crippen molar-refractivity contribution in [3.63, 3.8) is 0 Å². The molecule has 2 N–H and O–H groups in total. The van der Waals surface area contributed by atoms with E-state index in [1.807, 2.05) is 12.3 Å². The van der Waals surface area contributed by atoms with E-state index in [4.69, 9.17) is 0 Å². The van der Waals surface area contributed by atoms with Crippen LogP contribution in [0.2, 0.25) is 0 Å². The van der Waals surface area contributed by atoms with Crippen molar-refractivity contribution in [3.05, 3.63) is 48.0 Å². The van der Waals surface area contributed by atoms with E-state index in [-0.39, 0.29) is 5.82 Å². The van der Waals surface area contributed by atoms with Crippen LogP contribution in [0.15, 0.2) is 36.7 Å². The van der Waals surface area contributed by atoms with Crippen LogP contribution in [-0.2, 0) is 6.54 Å². The fraction of sp³-hybridized carbons (Fsp3) is 0.500. The average Bonchev–Trinajstić information content (AvgIpc) is 3.06. The van der Waals surface area contributed by atoms with Crippen molar-refractivity contribution in [2.75, 3.05) is 13.6 Å². The standard InChI is InChI=1S/C18H24FN5/c1-23(12-16-10-17(22-21-16)13-3-4-13)11-14-9-15(19)5-6-18(14)24-8-2-7-20-24/h2,5-9,13,16-17,21-22H,3-4,10-12H2,1H3. The molecular formula is C18H24FN5. The number of hydrogen-bond acceptors (Lipinski definition) is 4. The van der Waals surface area contributed by atoms with Crippen LogP contribution in [0.3, 0.4) is 0 Å². The zero-order valence-electron chi connectivity index (χ0n) is 14.0. The Morgan fingerprint density at radius 3 is 2.96 bits per heavy atom. The van der Waals surface area contributed by atoms with Crippen molar-refractivity contribution >= 4 is 0 Å². The van der Waals surface area contributed by atoms with Crippen LogP contribution < -0.4 is 10.9 Å². The lowest BCUT2D eigenvalue weighted by Gasteiger charge is -2.22. The molecule has 1 aliphatic heterocycles. The van der Waals surface area contributed by atoms with E-state index in [1.54, 1.807) is 23.0 Å². The molecule has 2 unspecified atom stereocenters. The fourth-order valence-corrected chi connectivity index (χ4v) is 3.63. The molecule has 0 amide bonds. The lowest BCUT2D eigenvalue weighted by molar-refractivity contribution is 0.288. The minimum atomic E-state index is -0.205. The summed E-state index contributed by atoms with van der Waals surface area (Å²) in [6.45, 7) is 1.63. The molecule has 128 valence electrons. The van der Waals surface area contributed by atoms with E-state index in [9.17, 15) is 4.39 Å². The van der Waals surface area contributed by atoms with Gasteiger partial charge in [0, 0.05) is 37.6 Å². The number of halogens is 1. The van der Waals surface area contributed by atoms with Gasteiger partial charge >= 0.3 is 0 Å². The maximum Gasteiger partial charge on any atom is 0.123 e. The van der Waals surface area contributed by atoms with Crippen molar-refractivity contribution in [2.24, 2.45) is 5.92 Å². The summed E-state index contributed by atoms with van der Waals surface area (Å²) in [6.07, 6.45) is 7.52. The van der Waals surface area contributed by atoms with Crippen molar-refractivity contribution in [1.82, 2.24) is 25.5 Å². The number of benzene rings is 1. The van der Waals surface area contributed by atoms with E-state index in [0.29, 0.717) is 18.6 Å². The third-order valence-electron chi connectivity index (χ3n) is 4.97. The maximum atomic E-state index is 13.7. The van der Waals surface area contributed by atoms with Crippen molar-refractivity contribution in [3.8, 4) is 5.69 Å². The van der Waals surface area contributed by atoms with Gasteiger partial charge in [-0.25, -0.2) is 9.07 Å². The summed E-state index contributed by atoms with van der Waals surface area (Å²) in [6, 6.07) is 7.84. The van der Waals surface area contributed by atoms with Gasteiger partial charge in [0.25, 0.3) is 0 Å². The predicted molar refractivity (Wildman–Crippen MR) is 91.0 cm³/mol. The fourth-order valence-electron chi connectivity index (χ4n) is 3.63. The second-order valence-electron chi connectivity index (χ2n) is 7.09. The summed E-state index contributed by atoms with van der Waals surface area (Å²) >= 11 is 0. The van der Waals surface area contributed by atoms with Crippen LogP contribution in [0, 0.1) is 11.7 Å². The van der Waals surface area contributed by atoms with Gasteiger partial charge in [0.05, 0.1) is 5.69 Å². The molecule has 2 atom stereocenters. The summed E-state index contributed by atoms with van der Waals surface area (Å²) in [7, 11) is 2.09. The molecule has 6 heteroatoms. The summed E-state index contributed by atoms with van der Waals surface area (Å²) < 4.78 is 15.5. The number of hydrogen-bond donors (Lipinski definition) is 2. The molecule has 0 spiro atoms. The highest BCUT2D eigenvalue weighted by Gasteiger charge is 2.36. The van der Waals surface area contributed by atoms with Crippen LogP contribution in [0.5, 0.6) is 0 Å². The van der Waals surface area contributed by atoms with Gasteiger partial charge < -0.3 is 4.90 Å². The van der Waals surface area contributed by atoms with E-state index in [1.165, 1.54) is 25.3 Å². The van der Waals surface area contributed by atoms with Gasteiger partial charge in [0.15, 0.2) is 0 Å². The molecule has 0 radical (unpaired) electrons. The van der Waals surface area contributed by atoms with Crippen LogP contribution in [0.25, 0.3) is 5.69 Å². The van der Waals surface area contributed by atoms with Crippen LogP contribution >= 0.6 is 0 Å². The zero-order chi connectivity index (χ0) is 16.5. The van der Waals surface area contributed by atoms with Crippen LogP contribution in [0.1, 0.15) is 24.8 Å². The molecule has 0 bridgehead atoms. The summed E-state index contributed by atoms with van der Waals surface area (Å²) in [5.41, 5.74) is 8.73. The van der Waals surface area contributed by atoms with Gasteiger partial charge in [-0.05, 0) is 62.1 Å². The van der Waals surface area contributed by atoms with Gasteiger partial charge in [-0.3, -0.25) is 10.9 Å². The van der Waals surface area contributed by atoms with E-state index >= 15 is 0 Å². The molecular weight excluding hydrogens is 305 g/mol. The number of nitrogens with zero attached hydrogens (tertiary/aromatic N) is 3. The quantitative estimate of drug-likeness (QED) is 0.852. The normalized spacial score (nSPS) is 24.0. The Morgan fingerprint density at radius 1 is 1.33 bits per heavy atom. The number of likely N-dealkylation sites (N-methyl/N-ethyl adjacent to an activating group) is 1.